The summed E-state index contributed by atoms with van der Waals surface area (Å²) in [5.41, 5.74) is 5.34. The number of hydrogen-bond donors (Lipinski definition) is 1. The van der Waals surface area contributed by atoms with Gasteiger partial charge in [-0.15, -0.1) is 0 Å². The zero-order chi connectivity index (χ0) is 29.3. The van der Waals surface area contributed by atoms with E-state index in [4.69, 9.17) is 16.3 Å². The zero-order valence-corrected chi connectivity index (χ0v) is 25.6. The molecule has 4 rings (SSSR count). The van der Waals surface area contributed by atoms with E-state index in [1.54, 1.807) is 7.11 Å². The number of aryl methyl sites for hydroxylation is 1. The minimum atomic E-state index is -0.755. The van der Waals surface area contributed by atoms with Crippen LogP contribution < -0.4 is 4.74 Å². The molecule has 0 atom stereocenters. The van der Waals surface area contributed by atoms with Gasteiger partial charge in [-0.25, -0.2) is 0 Å². The number of amides is 1. The van der Waals surface area contributed by atoms with Crippen LogP contribution in [0.1, 0.15) is 62.8 Å². The van der Waals surface area contributed by atoms with E-state index in [-0.39, 0.29) is 5.91 Å². The Morgan fingerprint density at radius 1 is 0.975 bits per heavy atom. The molecule has 214 valence electrons. The van der Waals surface area contributed by atoms with E-state index in [1.165, 1.54) is 5.56 Å². The molecule has 0 radical (unpaired) electrons. The fourth-order valence-electron chi connectivity index (χ4n) is 5.17. The number of methoxy groups -OCH3 is 1. The van der Waals surface area contributed by atoms with Gasteiger partial charge in [0, 0.05) is 30.1 Å². The molecular weight excluding hydrogens is 518 g/mol. The Balaban J connectivity index is 0.000000307. The summed E-state index contributed by atoms with van der Waals surface area (Å²) in [6, 6.07) is 24.0. The van der Waals surface area contributed by atoms with Gasteiger partial charge in [0.05, 0.1) is 12.7 Å². The van der Waals surface area contributed by atoms with Crippen molar-refractivity contribution in [3.05, 3.63) is 106 Å². The highest BCUT2D eigenvalue weighted by molar-refractivity contribution is 6.31. The topological polar surface area (TPSA) is 49.8 Å². The van der Waals surface area contributed by atoms with Gasteiger partial charge >= 0.3 is 0 Å². The number of carbonyl (C=O) groups excluding carboxylic acids is 1. The van der Waals surface area contributed by atoms with Crippen molar-refractivity contribution in [3.63, 3.8) is 0 Å². The van der Waals surface area contributed by atoms with Crippen LogP contribution in [0.5, 0.6) is 5.75 Å². The highest BCUT2D eigenvalue weighted by atomic mass is 35.5. The normalized spacial score (nSPS) is 14.3. The van der Waals surface area contributed by atoms with Crippen molar-refractivity contribution in [1.82, 2.24) is 4.90 Å². The number of piperidine rings is 1. The van der Waals surface area contributed by atoms with E-state index in [1.807, 2.05) is 86.3 Å². The second-order valence-electron chi connectivity index (χ2n) is 11.5. The average molecular weight is 562 g/mol. The van der Waals surface area contributed by atoms with Crippen LogP contribution in [0.25, 0.3) is 5.57 Å². The van der Waals surface area contributed by atoms with Gasteiger partial charge in [0.15, 0.2) is 0 Å². The molecule has 3 aromatic carbocycles. The molecule has 4 nitrogen and oxygen atoms in total. The molecule has 1 aliphatic rings. The summed E-state index contributed by atoms with van der Waals surface area (Å²) in [5, 5.41) is 11.6. The number of ether oxygens (including phenoxy) is 1. The summed E-state index contributed by atoms with van der Waals surface area (Å²) in [6.45, 7) is 11.5. The monoisotopic (exact) mass is 561 g/mol. The Hall–Kier alpha value is -3.08. The maximum Gasteiger partial charge on any atom is 0.254 e. The van der Waals surface area contributed by atoms with E-state index in [0.29, 0.717) is 48.9 Å². The van der Waals surface area contributed by atoms with Crippen molar-refractivity contribution < 1.29 is 14.6 Å². The van der Waals surface area contributed by atoms with Crippen LogP contribution in [0.15, 0.2) is 78.4 Å². The highest BCUT2D eigenvalue weighted by Crippen LogP contribution is 2.31. The Morgan fingerprint density at radius 2 is 1.62 bits per heavy atom. The molecule has 5 heteroatoms. The molecule has 0 bridgehead atoms. The predicted molar refractivity (Wildman–Crippen MR) is 167 cm³/mol. The van der Waals surface area contributed by atoms with Crippen LogP contribution in [-0.4, -0.2) is 41.7 Å². The summed E-state index contributed by atoms with van der Waals surface area (Å²) in [4.78, 5) is 15.2. The van der Waals surface area contributed by atoms with Gasteiger partial charge < -0.3 is 14.7 Å². The lowest BCUT2D eigenvalue weighted by Gasteiger charge is -2.39. The lowest BCUT2D eigenvalue weighted by Crippen LogP contribution is -2.48. The van der Waals surface area contributed by atoms with Crippen molar-refractivity contribution in [2.45, 2.75) is 65.9 Å². The fraction of sp³-hybridized carbons (Fsp3) is 0.400. The molecule has 1 N–H and O–H groups in total. The Kier molecular flexibility index (Phi) is 11.4. The van der Waals surface area contributed by atoms with Crippen molar-refractivity contribution in [3.8, 4) is 5.75 Å². The molecule has 0 aliphatic carbocycles. The van der Waals surface area contributed by atoms with E-state index < -0.39 is 5.60 Å². The fourth-order valence-corrected chi connectivity index (χ4v) is 5.34. The molecule has 0 aromatic heterocycles. The van der Waals surface area contributed by atoms with E-state index in [9.17, 15) is 9.90 Å². The Labute approximate surface area is 245 Å². The van der Waals surface area contributed by atoms with Crippen LogP contribution in [-0.2, 0) is 17.6 Å². The third-order valence-electron chi connectivity index (χ3n) is 7.32. The summed E-state index contributed by atoms with van der Waals surface area (Å²) in [7, 11) is 1.70. The molecule has 0 saturated carbocycles. The molecule has 1 amide bonds. The third kappa shape index (κ3) is 8.97. The van der Waals surface area contributed by atoms with Gasteiger partial charge in [0.25, 0.3) is 5.91 Å². The number of nitrogens with zero attached hydrogens (tertiary/aromatic N) is 1. The Bertz CT molecular complexity index is 1290. The van der Waals surface area contributed by atoms with Crippen molar-refractivity contribution in [1.29, 1.82) is 0 Å². The maximum absolute atomic E-state index is 13.3. The van der Waals surface area contributed by atoms with Gasteiger partial charge in [0.2, 0.25) is 0 Å². The van der Waals surface area contributed by atoms with E-state index in [2.05, 4.69) is 26.0 Å². The minimum Gasteiger partial charge on any atom is -0.497 e. The van der Waals surface area contributed by atoms with Crippen LogP contribution in [0.3, 0.4) is 0 Å². The quantitative estimate of drug-likeness (QED) is 0.298. The minimum absolute atomic E-state index is 0.0205. The first-order valence-electron chi connectivity index (χ1n) is 14.1. The summed E-state index contributed by atoms with van der Waals surface area (Å²) >= 11 is 6.19. The smallest absolute Gasteiger partial charge is 0.254 e. The number of carbonyl (C=O) groups is 1. The molecule has 1 aliphatic heterocycles. The third-order valence-corrected chi connectivity index (χ3v) is 7.55. The van der Waals surface area contributed by atoms with Crippen molar-refractivity contribution in [2.75, 3.05) is 20.2 Å². The zero-order valence-electron chi connectivity index (χ0n) is 24.8. The van der Waals surface area contributed by atoms with Crippen LogP contribution >= 0.6 is 11.6 Å². The molecule has 40 heavy (non-hydrogen) atoms. The molecule has 0 unspecified atom stereocenters. The molecule has 0 spiro atoms. The van der Waals surface area contributed by atoms with Crippen molar-refractivity contribution in [2.24, 2.45) is 5.92 Å². The summed E-state index contributed by atoms with van der Waals surface area (Å²) in [5.74, 6) is 1.68. The largest absolute Gasteiger partial charge is 0.497 e. The van der Waals surface area contributed by atoms with Gasteiger partial charge in [-0.05, 0) is 92.5 Å². The van der Waals surface area contributed by atoms with E-state index >= 15 is 0 Å². The van der Waals surface area contributed by atoms with Gasteiger partial charge in [-0.2, -0.15) is 0 Å². The number of likely N-dealkylation sites (tertiary alicyclic amines) is 1. The first-order chi connectivity index (χ1) is 19.0. The highest BCUT2D eigenvalue weighted by Gasteiger charge is 2.35. The SMILES string of the molecule is CC(C)=C(C(=O)N1CCC(O)(Cc2ccccc2)CC1)c1cc(Cl)ccc1C.COc1cccc(CC(C)C)c1. The Morgan fingerprint density at radius 3 is 2.23 bits per heavy atom. The van der Waals surface area contributed by atoms with E-state index in [0.717, 1.165) is 34.4 Å². The number of aliphatic hydroxyl groups is 1. The first kappa shape index (κ1) is 31.4. The maximum atomic E-state index is 13.3. The van der Waals surface area contributed by atoms with Crippen LogP contribution in [0.2, 0.25) is 5.02 Å². The number of allylic oxidation sites excluding steroid dienone is 1. The lowest BCUT2D eigenvalue weighted by atomic mass is 9.85. The predicted octanol–water partition coefficient (Wildman–Crippen LogP) is 7.93. The standard InChI is InChI=1S/C24H28ClNO2.C11H16O/c1-17(2)22(21-15-20(25)10-9-18(21)3)23(27)26-13-11-24(28,12-14-26)16-19-7-5-4-6-8-19;1-9(2)7-10-5-4-6-11(8-10)12-3/h4-10,15,28H,11-14,16H2,1-3H3;4-6,8-9H,7H2,1-3H3. The van der Waals surface area contributed by atoms with Gasteiger partial charge in [-0.3, -0.25) is 4.79 Å². The molecule has 1 saturated heterocycles. The average Bonchev–Trinajstić information content (AvgIpc) is 2.91. The second kappa shape index (κ2) is 14.5. The molecule has 3 aromatic rings. The van der Waals surface area contributed by atoms with Gasteiger partial charge in [0.1, 0.15) is 5.75 Å². The number of benzene rings is 3. The summed E-state index contributed by atoms with van der Waals surface area (Å²) < 4.78 is 5.14. The van der Waals surface area contributed by atoms with Gasteiger partial charge in [-0.1, -0.05) is 79.6 Å². The number of halogens is 1. The summed E-state index contributed by atoms with van der Waals surface area (Å²) in [6.07, 6.45) is 2.91. The first-order valence-corrected chi connectivity index (χ1v) is 14.5. The van der Waals surface area contributed by atoms with Crippen LogP contribution in [0.4, 0.5) is 0 Å². The van der Waals surface area contributed by atoms with Crippen LogP contribution in [0, 0.1) is 12.8 Å². The molecule has 1 fully saturated rings. The molecule has 1 heterocycles. The lowest BCUT2D eigenvalue weighted by molar-refractivity contribution is -0.129. The molecular formula is C35H44ClNO3. The number of hydrogen-bond acceptors (Lipinski definition) is 3. The number of rotatable bonds is 7. The van der Waals surface area contributed by atoms with Crippen molar-refractivity contribution >= 4 is 23.1 Å². The second-order valence-corrected chi connectivity index (χ2v) is 11.9.